The monoisotopic (exact) mass is 321 g/mol. The zero-order chi connectivity index (χ0) is 16.2. The Morgan fingerprint density at radius 1 is 1.30 bits per heavy atom. The number of urea groups is 1. The molecule has 3 rings (SSSR count). The van der Waals surface area contributed by atoms with Crippen molar-refractivity contribution in [1.29, 1.82) is 0 Å². The molecule has 8 heteroatoms. The summed E-state index contributed by atoms with van der Waals surface area (Å²) in [6, 6.07) is 1.64. The Bertz CT molecular complexity index is 603. The first-order chi connectivity index (χ1) is 11.1. The number of carbonyl (C=O) groups is 1. The van der Waals surface area contributed by atoms with Crippen LogP contribution in [-0.4, -0.2) is 66.3 Å². The molecule has 0 radical (unpaired) electrons. The summed E-state index contributed by atoms with van der Waals surface area (Å²) in [4.78, 5) is 34.8. The van der Waals surface area contributed by atoms with Gasteiger partial charge in [-0.2, -0.15) is 0 Å². The van der Waals surface area contributed by atoms with Gasteiger partial charge in [0.15, 0.2) is 0 Å². The van der Waals surface area contributed by atoms with E-state index < -0.39 is 0 Å². The number of aromatic nitrogens is 2. The van der Waals surface area contributed by atoms with Crippen LogP contribution in [0, 0.1) is 6.92 Å². The van der Waals surface area contributed by atoms with Gasteiger partial charge in [0.2, 0.25) is 5.95 Å². The Labute approximate surface area is 134 Å². The minimum atomic E-state index is -0.129. The molecule has 1 aromatic heterocycles. The van der Waals surface area contributed by atoms with Crippen molar-refractivity contribution in [2.75, 3.05) is 44.3 Å². The summed E-state index contributed by atoms with van der Waals surface area (Å²) < 4.78 is 5.26. The minimum absolute atomic E-state index is 0.00571. The van der Waals surface area contributed by atoms with Gasteiger partial charge in [0.1, 0.15) is 0 Å². The molecule has 0 atom stereocenters. The van der Waals surface area contributed by atoms with E-state index in [1.807, 2.05) is 6.92 Å². The molecule has 8 nitrogen and oxygen atoms in total. The summed E-state index contributed by atoms with van der Waals surface area (Å²) in [7, 11) is 0. The maximum absolute atomic E-state index is 12.2. The highest BCUT2D eigenvalue weighted by Gasteiger charge is 2.24. The molecule has 2 aliphatic rings. The molecule has 126 valence electrons. The molecule has 2 saturated heterocycles. The standard InChI is InChI=1S/C15H23N5O3/c1-11-10-13(21)18-14(16-11)19-4-2-12(3-5-19)17-15(22)20-6-8-23-9-7-20/h10,12H,2-9H2,1H3,(H,17,22)(H,16,18,21). The Morgan fingerprint density at radius 2 is 2.00 bits per heavy atom. The van der Waals surface area contributed by atoms with Crippen LogP contribution in [0.5, 0.6) is 0 Å². The van der Waals surface area contributed by atoms with Crippen molar-refractivity contribution in [2.45, 2.75) is 25.8 Å². The highest BCUT2D eigenvalue weighted by Crippen LogP contribution is 2.15. The number of H-pyrrole nitrogens is 1. The van der Waals surface area contributed by atoms with Crippen molar-refractivity contribution in [3.8, 4) is 0 Å². The van der Waals surface area contributed by atoms with Gasteiger partial charge in [-0.15, -0.1) is 0 Å². The Balaban J connectivity index is 1.52. The van der Waals surface area contributed by atoms with Crippen molar-refractivity contribution in [3.05, 3.63) is 22.1 Å². The van der Waals surface area contributed by atoms with Gasteiger partial charge >= 0.3 is 6.03 Å². The van der Waals surface area contributed by atoms with Crippen LogP contribution in [0.25, 0.3) is 0 Å². The third-order valence-electron chi connectivity index (χ3n) is 4.28. The van der Waals surface area contributed by atoms with Crippen molar-refractivity contribution in [2.24, 2.45) is 0 Å². The smallest absolute Gasteiger partial charge is 0.317 e. The predicted molar refractivity (Wildman–Crippen MR) is 85.8 cm³/mol. The maximum atomic E-state index is 12.2. The quantitative estimate of drug-likeness (QED) is 0.805. The van der Waals surface area contributed by atoms with E-state index in [1.54, 1.807) is 4.90 Å². The van der Waals surface area contributed by atoms with Gasteiger partial charge in [0, 0.05) is 44.0 Å². The summed E-state index contributed by atoms with van der Waals surface area (Å²) in [5.74, 6) is 0.618. The first kappa shape index (κ1) is 15.8. The average Bonchev–Trinajstić information content (AvgIpc) is 2.55. The number of morpholine rings is 1. The highest BCUT2D eigenvalue weighted by atomic mass is 16.5. The number of rotatable bonds is 2. The first-order valence-corrected chi connectivity index (χ1v) is 8.08. The number of hydrogen-bond donors (Lipinski definition) is 2. The Kier molecular flexibility index (Phi) is 4.80. The molecule has 2 N–H and O–H groups in total. The number of aryl methyl sites for hydroxylation is 1. The Hall–Kier alpha value is -2.09. The maximum Gasteiger partial charge on any atom is 0.317 e. The lowest BCUT2D eigenvalue weighted by Crippen LogP contribution is -2.52. The molecule has 2 amide bonds. The number of nitrogens with zero attached hydrogens (tertiary/aromatic N) is 3. The summed E-state index contributed by atoms with van der Waals surface area (Å²) in [6.45, 7) is 5.86. The molecule has 0 unspecified atom stereocenters. The van der Waals surface area contributed by atoms with Crippen LogP contribution in [-0.2, 0) is 4.74 Å². The van der Waals surface area contributed by atoms with Crippen molar-refractivity contribution < 1.29 is 9.53 Å². The summed E-state index contributed by atoms with van der Waals surface area (Å²) in [5.41, 5.74) is 0.585. The van der Waals surface area contributed by atoms with Gasteiger partial charge < -0.3 is 19.9 Å². The first-order valence-electron chi connectivity index (χ1n) is 8.08. The van der Waals surface area contributed by atoms with Crippen LogP contribution >= 0.6 is 0 Å². The fourth-order valence-electron chi connectivity index (χ4n) is 2.98. The number of piperidine rings is 1. The predicted octanol–water partition coefficient (Wildman–Crippen LogP) is 0.0889. The van der Waals surface area contributed by atoms with E-state index in [1.165, 1.54) is 6.07 Å². The van der Waals surface area contributed by atoms with Crippen LogP contribution in [0.3, 0.4) is 0 Å². The molecule has 23 heavy (non-hydrogen) atoms. The van der Waals surface area contributed by atoms with Gasteiger partial charge in [0.05, 0.1) is 13.2 Å². The molecule has 0 spiro atoms. The molecule has 0 bridgehead atoms. The third kappa shape index (κ3) is 4.01. The van der Waals surface area contributed by atoms with E-state index in [2.05, 4.69) is 20.2 Å². The number of carbonyl (C=O) groups excluding carboxylic acids is 1. The number of nitrogens with one attached hydrogen (secondary N) is 2. The molecule has 0 aliphatic carbocycles. The second-order valence-corrected chi connectivity index (χ2v) is 6.02. The van der Waals surface area contributed by atoms with Crippen LogP contribution in [0.4, 0.5) is 10.7 Å². The van der Waals surface area contributed by atoms with Crippen molar-refractivity contribution >= 4 is 12.0 Å². The van der Waals surface area contributed by atoms with Gasteiger partial charge in [0.25, 0.3) is 5.56 Å². The van der Waals surface area contributed by atoms with Crippen LogP contribution < -0.4 is 15.8 Å². The zero-order valence-corrected chi connectivity index (χ0v) is 13.4. The molecular weight excluding hydrogens is 298 g/mol. The van der Waals surface area contributed by atoms with E-state index >= 15 is 0 Å². The average molecular weight is 321 g/mol. The van der Waals surface area contributed by atoms with Gasteiger partial charge in [-0.1, -0.05) is 0 Å². The number of ether oxygens (including phenoxy) is 1. The lowest BCUT2D eigenvalue weighted by atomic mass is 10.1. The number of hydrogen-bond acceptors (Lipinski definition) is 5. The minimum Gasteiger partial charge on any atom is -0.378 e. The lowest BCUT2D eigenvalue weighted by Gasteiger charge is -2.34. The molecule has 0 saturated carbocycles. The summed E-state index contributed by atoms with van der Waals surface area (Å²) in [6.07, 6.45) is 1.68. The molecule has 1 aromatic rings. The Morgan fingerprint density at radius 3 is 2.65 bits per heavy atom. The van der Waals surface area contributed by atoms with Crippen LogP contribution in [0.15, 0.2) is 10.9 Å². The van der Waals surface area contributed by atoms with E-state index in [0.717, 1.165) is 25.9 Å². The lowest BCUT2D eigenvalue weighted by molar-refractivity contribution is 0.0523. The number of anilines is 1. The largest absolute Gasteiger partial charge is 0.378 e. The number of amides is 2. The number of aromatic amines is 1. The van der Waals surface area contributed by atoms with Crippen LogP contribution in [0.1, 0.15) is 18.5 Å². The molecule has 3 heterocycles. The van der Waals surface area contributed by atoms with Gasteiger partial charge in [-0.25, -0.2) is 9.78 Å². The fourth-order valence-corrected chi connectivity index (χ4v) is 2.98. The second-order valence-electron chi connectivity index (χ2n) is 6.02. The molecule has 2 aliphatic heterocycles. The van der Waals surface area contributed by atoms with E-state index in [9.17, 15) is 9.59 Å². The molecule has 0 aromatic carbocycles. The van der Waals surface area contributed by atoms with Gasteiger partial charge in [-0.3, -0.25) is 9.78 Å². The topological polar surface area (TPSA) is 90.6 Å². The summed E-state index contributed by atoms with van der Waals surface area (Å²) in [5, 5.41) is 3.10. The van der Waals surface area contributed by atoms with Crippen LogP contribution in [0.2, 0.25) is 0 Å². The van der Waals surface area contributed by atoms with E-state index in [4.69, 9.17) is 4.74 Å². The van der Waals surface area contributed by atoms with Crippen molar-refractivity contribution in [3.63, 3.8) is 0 Å². The molecule has 2 fully saturated rings. The van der Waals surface area contributed by atoms with Gasteiger partial charge in [-0.05, 0) is 19.8 Å². The third-order valence-corrected chi connectivity index (χ3v) is 4.28. The normalized spacial score (nSPS) is 19.7. The summed E-state index contributed by atoms with van der Waals surface area (Å²) >= 11 is 0. The van der Waals surface area contributed by atoms with Crippen molar-refractivity contribution in [1.82, 2.24) is 20.2 Å². The zero-order valence-electron chi connectivity index (χ0n) is 13.4. The molecular formula is C15H23N5O3. The van der Waals surface area contributed by atoms with E-state index in [-0.39, 0.29) is 17.6 Å². The highest BCUT2D eigenvalue weighted by molar-refractivity contribution is 5.74. The SMILES string of the molecule is Cc1cc(=O)[nH]c(N2CCC(NC(=O)N3CCOCC3)CC2)n1. The second kappa shape index (κ2) is 6.99. The van der Waals surface area contributed by atoms with E-state index in [0.29, 0.717) is 37.9 Å². The fraction of sp³-hybridized carbons (Fsp3) is 0.667.